The van der Waals surface area contributed by atoms with Crippen molar-refractivity contribution in [1.82, 2.24) is 0 Å². The third kappa shape index (κ3) is 4.26. The summed E-state index contributed by atoms with van der Waals surface area (Å²) in [6.07, 6.45) is 3.23. The number of aldehydes is 1. The molecule has 1 heterocycles. The lowest BCUT2D eigenvalue weighted by Crippen LogP contribution is -2.12. The van der Waals surface area contributed by atoms with Crippen LogP contribution in [0.4, 0.5) is 8.78 Å². The van der Waals surface area contributed by atoms with Crippen LogP contribution in [0.2, 0.25) is 0 Å². The van der Waals surface area contributed by atoms with Crippen molar-refractivity contribution >= 4 is 63.0 Å². The number of thioether (sulfide) groups is 1. The molecule has 2 aromatic rings. The predicted molar refractivity (Wildman–Crippen MR) is 99.3 cm³/mol. The van der Waals surface area contributed by atoms with Crippen molar-refractivity contribution in [2.45, 2.75) is 12.1 Å². The number of hydrogen-bond acceptors (Lipinski definition) is 5. The molecule has 0 unspecified atom stereocenters. The van der Waals surface area contributed by atoms with Gasteiger partial charge < -0.3 is 14.5 Å². The average Bonchev–Trinajstić information content (AvgIpc) is 2.88. The monoisotopic (exact) mass is 474 g/mol. The molecule has 5 nitrogen and oxygen atoms in total. The minimum absolute atomic E-state index is 0.154. The van der Waals surface area contributed by atoms with E-state index in [0.717, 1.165) is 12.2 Å². The van der Waals surface area contributed by atoms with E-state index in [9.17, 15) is 18.1 Å². The summed E-state index contributed by atoms with van der Waals surface area (Å²) < 4.78 is 45.2. The fourth-order valence-corrected chi connectivity index (χ4v) is 5.43. The Bertz CT molecular complexity index is 836. The Hall–Kier alpha value is -0.510. The lowest BCUT2D eigenvalue weighted by molar-refractivity contribution is 0.0595. The van der Waals surface area contributed by atoms with Crippen LogP contribution in [0, 0.1) is 0 Å². The van der Waals surface area contributed by atoms with E-state index < -0.39 is 18.1 Å². The Labute approximate surface area is 159 Å². The van der Waals surface area contributed by atoms with Crippen molar-refractivity contribution in [3.63, 3.8) is 0 Å². The SMILES string of the molecule is CSCCCOc1cc(C=O)cc2c(Br)c(C(F)(F)P(=O)(O)O)sc12. The fourth-order valence-electron chi connectivity index (χ4n) is 2.05. The number of rotatable bonds is 8. The molecule has 138 valence electrons. The molecule has 0 fully saturated rings. The topological polar surface area (TPSA) is 83.8 Å². The van der Waals surface area contributed by atoms with Gasteiger partial charge in [0.1, 0.15) is 16.9 Å². The molecule has 0 bridgehead atoms. The van der Waals surface area contributed by atoms with Gasteiger partial charge in [-0.25, -0.2) is 0 Å². The zero-order valence-electron chi connectivity index (χ0n) is 12.9. The lowest BCUT2D eigenvalue weighted by Gasteiger charge is -2.16. The maximum atomic E-state index is 14.1. The van der Waals surface area contributed by atoms with Crippen LogP contribution in [0.15, 0.2) is 16.6 Å². The van der Waals surface area contributed by atoms with Gasteiger partial charge in [0.25, 0.3) is 0 Å². The van der Waals surface area contributed by atoms with E-state index in [2.05, 4.69) is 15.9 Å². The highest BCUT2D eigenvalue weighted by atomic mass is 79.9. The van der Waals surface area contributed by atoms with Gasteiger partial charge in [-0.1, -0.05) is 0 Å². The first-order valence-corrected chi connectivity index (χ1v) is 11.5. The molecular formula is C14H14BrF2O5PS2. The molecule has 0 atom stereocenters. The van der Waals surface area contributed by atoms with Crippen molar-refractivity contribution in [1.29, 1.82) is 0 Å². The number of alkyl halides is 2. The van der Waals surface area contributed by atoms with E-state index in [0.29, 0.717) is 28.9 Å². The molecule has 0 amide bonds. The molecular weight excluding hydrogens is 461 g/mol. The molecule has 1 aromatic heterocycles. The molecule has 25 heavy (non-hydrogen) atoms. The van der Waals surface area contributed by atoms with E-state index in [-0.39, 0.29) is 21.2 Å². The number of fused-ring (bicyclic) bond motifs is 1. The number of halogens is 3. The van der Waals surface area contributed by atoms with E-state index in [1.54, 1.807) is 11.8 Å². The van der Waals surface area contributed by atoms with E-state index in [1.807, 2.05) is 6.26 Å². The van der Waals surface area contributed by atoms with Crippen LogP contribution in [0.25, 0.3) is 10.1 Å². The Balaban J connectivity index is 2.57. The summed E-state index contributed by atoms with van der Waals surface area (Å²) in [6.45, 7) is 0.331. The normalized spacial score (nSPS) is 12.6. The van der Waals surface area contributed by atoms with Crippen LogP contribution < -0.4 is 4.74 Å². The highest BCUT2D eigenvalue weighted by Gasteiger charge is 2.53. The maximum Gasteiger partial charge on any atom is 0.400 e. The molecule has 0 saturated heterocycles. The Morgan fingerprint density at radius 2 is 2.12 bits per heavy atom. The highest BCUT2D eigenvalue weighted by Crippen LogP contribution is 2.63. The van der Waals surface area contributed by atoms with E-state index in [4.69, 9.17) is 14.5 Å². The number of ether oxygens (including phenoxy) is 1. The summed E-state index contributed by atoms with van der Waals surface area (Å²) in [7, 11) is -5.70. The van der Waals surface area contributed by atoms with Crippen molar-refractivity contribution < 1.29 is 32.7 Å². The number of benzene rings is 1. The number of carbonyl (C=O) groups is 1. The first-order chi connectivity index (χ1) is 11.6. The van der Waals surface area contributed by atoms with Crippen LogP contribution in [0.1, 0.15) is 21.7 Å². The van der Waals surface area contributed by atoms with Crippen molar-refractivity contribution in [3.8, 4) is 5.75 Å². The first-order valence-electron chi connectivity index (χ1n) is 6.90. The molecule has 11 heteroatoms. The third-order valence-corrected chi connectivity index (χ3v) is 7.42. The second-order valence-corrected chi connectivity index (χ2v) is 9.49. The standard InChI is InChI=1S/C14H14BrF2O5PS2/c1-24-4-2-3-22-10-6-8(7-18)5-9-11(15)13(25-12(9)10)14(16,17)23(19,20)21/h5-7H,2-4H2,1H3,(H2,19,20,21). The quantitative estimate of drug-likeness (QED) is 0.323. The van der Waals surface area contributed by atoms with Crippen LogP contribution in [-0.4, -0.2) is 34.7 Å². The Morgan fingerprint density at radius 1 is 1.44 bits per heavy atom. The molecule has 0 saturated carbocycles. The Kier molecular flexibility index (Phi) is 6.67. The van der Waals surface area contributed by atoms with Gasteiger partial charge >= 0.3 is 13.3 Å². The van der Waals surface area contributed by atoms with Gasteiger partial charge in [0.2, 0.25) is 0 Å². The second-order valence-electron chi connectivity index (χ2n) is 5.04. The van der Waals surface area contributed by atoms with Gasteiger partial charge in [0.15, 0.2) is 0 Å². The van der Waals surface area contributed by atoms with Crippen molar-refractivity contribution in [2.75, 3.05) is 18.6 Å². The molecule has 0 spiro atoms. The molecule has 1 aromatic carbocycles. The van der Waals surface area contributed by atoms with Crippen LogP contribution in [0.5, 0.6) is 5.75 Å². The summed E-state index contributed by atoms with van der Waals surface area (Å²) in [5.41, 5.74) is -4.12. The zero-order chi connectivity index (χ0) is 18.8. The van der Waals surface area contributed by atoms with Crippen LogP contribution in [-0.2, 0) is 10.2 Å². The minimum Gasteiger partial charge on any atom is -0.492 e. The van der Waals surface area contributed by atoms with Gasteiger partial charge in [-0.3, -0.25) is 9.36 Å². The molecule has 0 aliphatic rings. The number of carbonyl (C=O) groups excluding carboxylic acids is 1. The van der Waals surface area contributed by atoms with Crippen LogP contribution in [0.3, 0.4) is 0 Å². The highest BCUT2D eigenvalue weighted by molar-refractivity contribution is 9.10. The fraction of sp³-hybridized carbons (Fsp3) is 0.357. The van der Waals surface area contributed by atoms with Gasteiger partial charge in [-0.05, 0) is 46.5 Å². The van der Waals surface area contributed by atoms with Gasteiger partial charge in [-0.15, -0.1) is 11.3 Å². The minimum atomic E-state index is -5.70. The second kappa shape index (κ2) is 8.02. The lowest BCUT2D eigenvalue weighted by atomic mass is 10.1. The Morgan fingerprint density at radius 3 is 2.68 bits per heavy atom. The number of hydrogen-bond donors (Lipinski definition) is 2. The molecule has 0 radical (unpaired) electrons. The van der Waals surface area contributed by atoms with Gasteiger partial charge in [0, 0.05) is 15.4 Å². The molecule has 0 aliphatic heterocycles. The van der Waals surface area contributed by atoms with Crippen molar-refractivity contribution in [3.05, 3.63) is 27.0 Å². The van der Waals surface area contributed by atoms with E-state index in [1.165, 1.54) is 12.1 Å². The summed E-state index contributed by atoms with van der Waals surface area (Å²) in [4.78, 5) is 28.3. The number of thiophene rings is 1. The van der Waals surface area contributed by atoms with Crippen LogP contribution >= 0.6 is 46.6 Å². The average molecular weight is 475 g/mol. The third-order valence-electron chi connectivity index (χ3n) is 3.24. The maximum absolute atomic E-state index is 14.1. The largest absolute Gasteiger partial charge is 0.492 e. The van der Waals surface area contributed by atoms with E-state index >= 15 is 0 Å². The van der Waals surface area contributed by atoms with Crippen molar-refractivity contribution in [2.24, 2.45) is 0 Å². The molecule has 2 rings (SSSR count). The summed E-state index contributed by atoms with van der Waals surface area (Å²) in [5, 5.41) is 0.248. The smallest absolute Gasteiger partial charge is 0.400 e. The predicted octanol–water partition coefficient (Wildman–Crippen LogP) is 4.84. The summed E-state index contributed by atoms with van der Waals surface area (Å²) in [6, 6.07) is 2.80. The zero-order valence-corrected chi connectivity index (χ0v) is 17.0. The first kappa shape index (κ1) is 20.8. The van der Waals surface area contributed by atoms with Gasteiger partial charge in [-0.2, -0.15) is 20.5 Å². The molecule has 2 N–H and O–H groups in total. The van der Waals surface area contributed by atoms with Gasteiger partial charge in [0.05, 0.1) is 11.3 Å². The molecule has 0 aliphatic carbocycles. The summed E-state index contributed by atoms with van der Waals surface area (Å²) in [5.74, 6) is 1.09. The summed E-state index contributed by atoms with van der Waals surface area (Å²) >= 11 is 5.15.